The third kappa shape index (κ3) is 3.65. The molecule has 2 unspecified atom stereocenters. The summed E-state index contributed by atoms with van der Waals surface area (Å²) in [7, 11) is 0. The van der Waals surface area contributed by atoms with Crippen molar-refractivity contribution in [3.63, 3.8) is 0 Å². The molecule has 0 aromatic heterocycles. The molecule has 1 rings (SSSR count). The van der Waals surface area contributed by atoms with E-state index in [4.69, 9.17) is 10.3 Å². The fourth-order valence-electron chi connectivity index (χ4n) is 0.928. The SMILES string of the molecule is NC(COS(=O)O)c1ccccc1. The topological polar surface area (TPSA) is 72.5 Å². The van der Waals surface area contributed by atoms with Crippen molar-refractivity contribution in [1.82, 2.24) is 0 Å². The molecule has 0 bridgehead atoms. The van der Waals surface area contributed by atoms with Crippen LogP contribution in [0.2, 0.25) is 0 Å². The van der Waals surface area contributed by atoms with Gasteiger partial charge in [0.05, 0.1) is 12.6 Å². The van der Waals surface area contributed by atoms with Crippen LogP contribution in [0.25, 0.3) is 0 Å². The number of nitrogens with two attached hydrogens (primary N) is 1. The molecular weight excluding hydrogens is 190 g/mol. The van der Waals surface area contributed by atoms with Crippen molar-refractivity contribution in [2.75, 3.05) is 6.61 Å². The van der Waals surface area contributed by atoms with Crippen LogP contribution >= 0.6 is 0 Å². The summed E-state index contributed by atoms with van der Waals surface area (Å²) < 4.78 is 23.0. The lowest BCUT2D eigenvalue weighted by atomic mass is 10.1. The molecule has 0 heterocycles. The number of hydrogen-bond acceptors (Lipinski definition) is 3. The lowest BCUT2D eigenvalue weighted by Gasteiger charge is -2.09. The number of rotatable bonds is 4. The van der Waals surface area contributed by atoms with Gasteiger partial charge in [-0.2, -0.15) is 4.21 Å². The van der Waals surface area contributed by atoms with Crippen molar-refractivity contribution in [3.8, 4) is 0 Å². The molecule has 1 aromatic carbocycles. The van der Waals surface area contributed by atoms with Gasteiger partial charge in [0.1, 0.15) is 0 Å². The van der Waals surface area contributed by atoms with Gasteiger partial charge in [-0.25, -0.2) is 0 Å². The van der Waals surface area contributed by atoms with Crippen LogP contribution in [-0.2, 0) is 15.5 Å². The highest BCUT2D eigenvalue weighted by atomic mass is 32.2. The Morgan fingerprint density at radius 3 is 2.62 bits per heavy atom. The second-order valence-corrected chi connectivity index (χ2v) is 3.19. The molecule has 1 aromatic rings. The maximum absolute atomic E-state index is 10.2. The molecule has 0 fully saturated rings. The molecule has 0 aliphatic heterocycles. The van der Waals surface area contributed by atoms with E-state index < -0.39 is 11.4 Å². The Morgan fingerprint density at radius 1 is 1.46 bits per heavy atom. The van der Waals surface area contributed by atoms with Gasteiger partial charge in [0.15, 0.2) is 0 Å². The van der Waals surface area contributed by atoms with Crippen molar-refractivity contribution in [1.29, 1.82) is 0 Å². The summed E-state index contributed by atoms with van der Waals surface area (Å²) >= 11 is -2.24. The summed E-state index contributed by atoms with van der Waals surface area (Å²) in [5, 5.41) is 0. The molecular formula is C8H11NO3S. The molecule has 0 aliphatic carbocycles. The number of benzene rings is 1. The largest absolute Gasteiger partial charge is 0.322 e. The van der Waals surface area contributed by atoms with E-state index in [2.05, 4.69) is 4.18 Å². The molecule has 0 amide bonds. The van der Waals surface area contributed by atoms with Gasteiger partial charge in [0.25, 0.3) is 0 Å². The smallest absolute Gasteiger partial charge is 0.301 e. The maximum Gasteiger partial charge on any atom is 0.301 e. The van der Waals surface area contributed by atoms with E-state index in [0.29, 0.717) is 0 Å². The molecule has 72 valence electrons. The lowest BCUT2D eigenvalue weighted by Crippen LogP contribution is -2.17. The summed E-state index contributed by atoms with van der Waals surface area (Å²) in [6.45, 7) is 0.0348. The average molecular weight is 201 g/mol. The Labute approximate surface area is 79.2 Å². The molecule has 0 aliphatic rings. The van der Waals surface area contributed by atoms with Gasteiger partial charge in [0, 0.05) is 0 Å². The summed E-state index contributed by atoms with van der Waals surface area (Å²) in [5.41, 5.74) is 6.56. The predicted octanol–water partition coefficient (Wildman–Crippen LogP) is 0.840. The highest BCUT2D eigenvalue weighted by molar-refractivity contribution is 7.74. The van der Waals surface area contributed by atoms with Crippen LogP contribution in [0.3, 0.4) is 0 Å². The van der Waals surface area contributed by atoms with Crippen molar-refractivity contribution < 1.29 is 12.9 Å². The third-order valence-electron chi connectivity index (χ3n) is 1.58. The summed E-state index contributed by atoms with van der Waals surface area (Å²) in [6, 6.07) is 8.90. The summed E-state index contributed by atoms with van der Waals surface area (Å²) in [6.07, 6.45) is 0. The van der Waals surface area contributed by atoms with Crippen LogP contribution in [0.15, 0.2) is 30.3 Å². The van der Waals surface area contributed by atoms with Crippen LogP contribution in [0.1, 0.15) is 11.6 Å². The Bertz CT molecular complexity index is 278. The van der Waals surface area contributed by atoms with Crippen LogP contribution in [-0.4, -0.2) is 15.4 Å². The molecule has 13 heavy (non-hydrogen) atoms. The van der Waals surface area contributed by atoms with Gasteiger partial charge in [-0.1, -0.05) is 30.3 Å². The van der Waals surface area contributed by atoms with Crippen molar-refractivity contribution >= 4 is 11.4 Å². The number of hydrogen-bond donors (Lipinski definition) is 2. The Hall–Kier alpha value is -0.750. The first-order valence-electron chi connectivity index (χ1n) is 3.75. The fourth-order valence-corrected chi connectivity index (χ4v) is 1.19. The molecule has 4 nitrogen and oxygen atoms in total. The molecule has 0 spiro atoms. The van der Waals surface area contributed by atoms with E-state index >= 15 is 0 Å². The van der Waals surface area contributed by atoms with Crippen molar-refractivity contribution in [3.05, 3.63) is 35.9 Å². The van der Waals surface area contributed by atoms with Crippen molar-refractivity contribution in [2.24, 2.45) is 5.73 Å². The third-order valence-corrected chi connectivity index (χ3v) is 1.91. The van der Waals surface area contributed by atoms with Crippen LogP contribution < -0.4 is 5.73 Å². The zero-order valence-electron chi connectivity index (χ0n) is 6.92. The minimum absolute atomic E-state index is 0.0348. The first-order valence-corrected chi connectivity index (χ1v) is 4.78. The fraction of sp³-hybridized carbons (Fsp3) is 0.250. The van der Waals surface area contributed by atoms with E-state index in [-0.39, 0.29) is 12.6 Å². The highest BCUT2D eigenvalue weighted by Crippen LogP contribution is 2.09. The maximum atomic E-state index is 10.2. The quantitative estimate of drug-likeness (QED) is 0.708. The molecule has 0 radical (unpaired) electrons. The van der Waals surface area contributed by atoms with Crippen LogP contribution in [0.4, 0.5) is 0 Å². The molecule has 3 N–H and O–H groups in total. The lowest BCUT2D eigenvalue weighted by molar-refractivity contribution is 0.284. The predicted molar refractivity (Wildman–Crippen MR) is 50.1 cm³/mol. The van der Waals surface area contributed by atoms with E-state index in [9.17, 15) is 4.21 Å². The van der Waals surface area contributed by atoms with Gasteiger partial charge in [0.2, 0.25) is 0 Å². The zero-order valence-corrected chi connectivity index (χ0v) is 7.74. The zero-order chi connectivity index (χ0) is 9.68. The van der Waals surface area contributed by atoms with Crippen LogP contribution in [0.5, 0.6) is 0 Å². The first kappa shape index (κ1) is 10.3. The monoisotopic (exact) mass is 201 g/mol. The summed E-state index contributed by atoms with van der Waals surface area (Å²) in [5.74, 6) is 0. The van der Waals surface area contributed by atoms with E-state index in [1.54, 1.807) is 0 Å². The Morgan fingerprint density at radius 2 is 2.08 bits per heavy atom. The minimum Gasteiger partial charge on any atom is -0.322 e. The molecule has 5 heteroatoms. The van der Waals surface area contributed by atoms with E-state index in [1.807, 2.05) is 30.3 Å². The first-order chi connectivity index (χ1) is 6.20. The Kier molecular flexibility index (Phi) is 4.04. The molecule has 0 saturated carbocycles. The van der Waals surface area contributed by atoms with Gasteiger partial charge < -0.3 is 5.73 Å². The molecule has 2 atom stereocenters. The molecule has 0 saturated heterocycles. The Balaban J connectivity index is 2.49. The van der Waals surface area contributed by atoms with Crippen molar-refractivity contribution in [2.45, 2.75) is 6.04 Å². The minimum atomic E-state index is -2.24. The second-order valence-electron chi connectivity index (χ2n) is 2.52. The second kappa shape index (κ2) is 5.08. The summed E-state index contributed by atoms with van der Waals surface area (Å²) in [4.78, 5) is 0. The van der Waals surface area contributed by atoms with Gasteiger partial charge in [-0.3, -0.25) is 8.74 Å². The standard InChI is InChI=1S/C8H11NO3S/c9-8(6-12-13(10)11)7-4-2-1-3-5-7/h1-5,8H,6,9H2,(H,10,11). The van der Waals surface area contributed by atoms with Gasteiger partial charge >= 0.3 is 11.4 Å². The highest BCUT2D eigenvalue weighted by Gasteiger charge is 2.06. The normalized spacial score (nSPS) is 15.2. The van der Waals surface area contributed by atoms with E-state index in [0.717, 1.165) is 5.56 Å². The van der Waals surface area contributed by atoms with Crippen LogP contribution in [0, 0.1) is 0 Å². The van der Waals surface area contributed by atoms with Gasteiger partial charge in [-0.15, -0.1) is 0 Å². The average Bonchev–Trinajstić information content (AvgIpc) is 2.15. The van der Waals surface area contributed by atoms with Gasteiger partial charge in [-0.05, 0) is 5.56 Å². The van der Waals surface area contributed by atoms with E-state index in [1.165, 1.54) is 0 Å².